The fraction of sp³-hybridized carbons (Fsp3) is 0.190. The van der Waals surface area contributed by atoms with Crippen LogP contribution in [0.15, 0.2) is 182 Å². The van der Waals surface area contributed by atoms with Crippen LogP contribution < -0.4 is 48.3 Å². The molecule has 26 nitrogen and oxygen atoms in total. The van der Waals surface area contributed by atoms with Crippen molar-refractivity contribution in [2.75, 3.05) is 51.3 Å². The largest absolute Gasteiger partial charge is 0.452 e. The Labute approximate surface area is 778 Å². The van der Waals surface area contributed by atoms with Crippen molar-refractivity contribution in [3.8, 4) is 0 Å². The van der Waals surface area contributed by atoms with Crippen molar-refractivity contribution in [1.29, 1.82) is 0 Å². The lowest BCUT2D eigenvalue weighted by Gasteiger charge is -2.22. The lowest BCUT2D eigenvalue weighted by molar-refractivity contribution is -0.146. The molecule has 10 aromatic carbocycles. The highest BCUT2D eigenvalue weighted by Gasteiger charge is 2.38. The minimum Gasteiger partial charge on any atom is -0.452 e. The van der Waals surface area contributed by atoms with Gasteiger partial charge in [0.1, 0.15) is 58.2 Å². The van der Waals surface area contributed by atoms with E-state index in [0.29, 0.717) is 107 Å². The van der Waals surface area contributed by atoms with Gasteiger partial charge in [0.2, 0.25) is 23.6 Å². The predicted molar refractivity (Wildman–Crippen MR) is 511 cm³/mol. The Kier molecular flexibility index (Phi) is 29.9. The summed E-state index contributed by atoms with van der Waals surface area (Å²) >= 11 is 1.62. The second kappa shape index (κ2) is 43.3. The summed E-state index contributed by atoms with van der Waals surface area (Å²) in [7, 11) is 0. The SMILES string of the molecule is NC1(C(=O)Nc2cc3c(/C=C/c4ccc(F)cc4)n[nH]c3cc2F)CCCC1.O=C(Nc1cc2c(/C=C/c3ccc(F)cc3)n[nH]c2cc1F)[C@@H]1CCCN1.O=C(Nc1cc2c(/C=C/c3ccc(F)cc3)n[nH]c2cc1F)[C@@H]1CSCN1.O=C(Nc1cc2c(/C=C/c3ccc(F)cc3)n[nH]c2cc1F)[C@H]1CCCN1.O=C1CCC(C(=O)Nc2cc3c(/C=C/c4ccc(F)cc4)n[nH]c3cc2F)O1. The third-order valence-corrected chi connectivity index (χ3v) is 24.0. The number of carbonyl (C=O) groups is 6. The molecule has 0 bridgehead atoms. The van der Waals surface area contributed by atoms with E-state index in [9.17, 15) is 72.7 Å². The van der Waals surface area contributed by atoms with Crippen LogP contribution in [0.1, 0.15) is 120 Å². The van der Waals surface area contributed by atoms with E-state index in [-0.39, 0.29) is 112 Å². The Balaban J connectivity index is 0.000000124. The van der Waals surface area contributed by atoms with Gasteiger partial charge in [-0.05, 0) is 201 Å². The monoisotopic (exact) mass is 1890 g/mol. The van der Waals surface area contributed by atoms with Crippen molar-refractivity contribution in [1.82, 2.24) is 66.9 Å². The number of nitrogens with two attached hydrogens (primary N) is 1. The molecule has 9 heterocycles. The Morgan fingerprint density at radius 2 is 0.628 bits per heavy atom. The smallest absolute Gasteiger partial charge is 0.306 e. The molecule has 0 spiro atoms. The van der Waals surface area contributed by atoms with E-state index < -0.39 is 52.6 Å². The van der Waals surface area contributed by atoms with Crippen molar-refractivity contribution in [3.05, 3.63) is 296 Å². The highest BCUT2D eigenvalue weighted by molar-refractivity contribution is 7.99. The molecule has 4 aliphatic heterocycles. The number of aromatic nitrogens is 10. The van der Waals surface area contributed by atoms with Gasteiger partial charge >= 0.3 is 5.97 Å². The van der Waals surface area contributed by atoms with Gasteiger partial charge < -0.3 is 47.7 Å². The number of nitrogens with zero attached hydrogens (tertiary/aromatic N) is 5. The Morgan fingerprint density at radius 1 is 0.350 bits per heavy atom. The average Bonchev–Trinajstić information content (AvgIpc) is 1.76. The normalized spacial score (nSPS) is 16.8. The molecule has 137 heavy (non-hydrogen) atoms. The van der Waals surface area contributed by atoms with Gasteiger partial charge in [-0.1, -0.05) is 104 Å². The molecule has 700 valence electrons. The van der Waals surface area contributed by atoms with Crippen molar-refractivity contribution in [3.63, 3.8) is 0 Å². The lowest BCUT2D eigenvalue weighted by Crippen LogP contribution is -2.48. The quantitative estimate of drug-likeness (QED) is 0.0249. The first-order valence-electron chi connectivity index (χ1n) is 43.6. The first-order valence-corrected chi connectivity index (χ1v) is 44.8. The number of amides is 5. The molecule has 20 rings (SSSR count). The summed E-state index contributed by atoms with van der Waals surface area (Å²) in [6.07, 6.45) is 23.5. The summed E-state index contributed by atoms with van der Waals surface area (Å²) in [5, 5.41) is 60.4. The molecule has 15 N–H and O–H groups in total. The number of anilines is 5. The molecule has 1 unspecified atom stereocenters. The van der Waals surface area contributed by atoms with Gasteiger partial charge in [0, 0.05) is 81.7 Å². The van der Waals surface area contributed by atoms with Crippen LogP contribution in [0.5, 0.6) is 0 Å². The maximum absolute atomic E-state index is 14.4. The molecule has 5 amide bonds. The van der Waals surface area contributed by atoms with Gasteiger partial charge in [-0.2, -0.15) is 25.5 Å². The van der Waals surface area contributed by atoms with Crippen molar-refractivity contribution in [2.24, 2.45) is 5.73 Å². The van der Waals surface area contributed by atoms with Gasteiger partial charge in [-0.25, -0.2) is 43.9 Å². The minimum absolute atomic E-state index is 0.0294. The number of halogens is 10. The third kappa shape index (κ3) is 24.0. The summed E-state index contributed by atoms with van der Waals surface area (Å²) in [5.41, 5.74) is 15.1. The van der Waals surface area contributed by atoms with Crippen molar-refractivity contribution >= 4 is 191 Å². The molecule has 5 fully saturated rings. The van der Waals surface area contributed by atoms with Crippen LogP contribution in [0.4, 0.5) is 72.3 Å². The first-order chi connectivity index (χ1) is 66.2. The molecule has 4 saturated heterocycles. The molecular weight excluding hydrogens is 1800 g/mol. The lowest BCUT2D eigenvalue weighted by atomic mass is 9.98. The van der Waals surface area contributed by atoms with Crippen LogP contribution in [-0.2, 0) is 33.5 Å². The number of hydrogen-bond donors (Lipinski definition) is 14. The first kappa shape index (κ1) is 94.7. The van der Waals surface area contributed by atoms with E-state index in [1.165, 1.54) is 97.1 Å². The maximum Gasteiger partial charge on any atom is 0.306 e. The zero-order chi connectivity index (χ0) is 95.8. The maximum atomic E-state index is 14.4. The zero-order valence-corrected chi connectivity index (χ0v) is 73.5. The van der Waals surface area contributed by atoms with Crippen LogP contribution in [0.3, 0.4) is 0 Å². The number of nitrogens with one attached hydrogen (secondary N) is 13. The number of rotatable bonds is 20. The average molecular weight is 1890 g/mol. The summed E-state index contributed by atoms with van der Waals surface area (Å²) in [6.45, 7) is 1.58. The van der Waals surface area contributed by atoms with Crippen LogP contribution in [0.25, 0.3) is 115 Å². The summed E-state index contributed by atoms with van der Waals surface area (Å²) in [5.74, 6) is -5.05. The number of esters is 1. The highest BCUT2D eigenvalue weighted by atomic mass is 32.2. The number of carbonyl (C=O) groups excluding carboxylic acids is 6. The molecule has 4 atom stereocenters. The molecule has 15 aromatic rings. The molecule has 0 radical (unpaired) electrons. The summed E-state index contributed by atoms with van der Waals surface area (Å²) < 4.78 is 142. The number of ether oxygens (including phenoxy) is 1. The van der Waals surface area contributed by atoms with Gasteiger partial charge in [0.05, 0.1) is 108 Å². The molecule has 1 aliphatic carbocycles. The van der Waals surface area contributed by atoms with Gasteiger partial charge in [0.25, 0.3) is 5.91 Å². The molecule has 1 saturated carbocycles. The molecular formula is C100H87F10N19O7S. The van der Waals surface area contributed by atoms with E-state index in [0.717, 1.165) is 79.4 Å². The topological polar surface area (TPSA) is 377 Å². The molecule has 5 aromatic heterocycles. The second-order valence-corrected chi connectivity index (χ2v) is 33.7. The number of cyclic esters (lactones) is 1. The highest BCUT2D eigenvalue weighted by Crippen LogP contribution is 2.35. The number of benzene rings is 10. The van der Waals surface area contributed by atoms with E-state index >= 15 is 0 Å². The Morgan fingerprint density at radius 3 is 0.883 bits per heavy atom. The number of thioether (sulfide) groups is 1. The van der Waals surface area contributed by atoms with Crippen LogP contribution in [0.2, 0.25) is 0 Å². The van der Waals surface area contributed by atoms with E-state index in [4.69, 9.17) is 10.5 Å². The van der Waals surface area contributed by atoms with E-state index in [1.54, 1.807) is 157 Å². The van der Waals surface area contributed by atoms with Crippen molar-refractivity contribution in [2.45, 2.75) is 94.0 Å². The third-order valence-electron chi connectivity index (χ3n) is 23.1. The molecule has 5 aliphatic rings. The van der Waals surface area contributed by atoms with Crippen LogP contribution in [0, 0.1) is 58.2 Å². The predicted octanol–water partition coefficient (Wildman–Crippen LogP) is 18.9. The number of fused-ring (bicyclic) bond motifs is 5. The fourth-order valence-corrected chi connectivity index (χ4v) is 16.5. The van der Waals surface area contributed by atoms with E-state index in [2.05, 4.69) is 93.5 Å². The van der Waals surface area contributed by atoms with Crippen LogP contribution >= 0.6 is 11.8 Å². The fourth-order valence-electron chi connectivity index (χ4n) is 15.6. The van der Waals surface area contributed by atoms with Gasteiger partial charge in [-0.3, -0.25) is 59.6 Å². The summed E-state index contributed by atoms with van der Waals surface area (Å²) in [6, 6.07) is 43.4. The Hall–Kier alpha value is -15.4. The van der Waals surface area contributed by atoms with Gasteiger partial charge in [0.15, 0.2) is 6.10 Å². The standard InChI is InChI=1S/C21H20F2N4O.2C20H18F2N4O.C20H15F2N3O3.C19H16F2N4OS/c22-14-6-3-13(4-7-14)5-8-17-15-11-19(16(23)12-18(15)27-26-17)25-20(28)21(24)9-1-2-10-21;2*21-13-6-3-12(4-7-13)5-8-16-14-10-19(15(22)11-18(14)26-25-16)24-20(27)17-2-1-9-23-17;21-12-4-1-11(2-5-12)3-6-15-13-9-17(14(22)10-16(13)25-24-15)23-20(27)18-7-8-19(26)28-18;20-12-4-1-11(2-5-12)3-6-15-13-7-17(14(21)8-16(13)25-24-15)23-19(26)18-9-27-10-22-18/h3-8,11-12H,1-2,9-10,24H2,(H,25,28)(H,26,27);2*3-8,10-11,17,23H,1-2,9H2,(H,24,27)(H,25,26);1-6,9-10,18H,7-8H2,(H,23,27)(H,24,25);1-8,18,22H,9-10H2,(H,23,26)(H,24,25)/b3*8-5+;2*6-3+/t;2*17-;;18-/m.10.0/s1. The second-order valence-electron chi connectivity index (χ2n) is 32.7. The van der Waals surface area contributed by atoms with E-state index in [1.807, 2.05) is 0 Å². The van der Waals surface area contributed by atoms with Crippen molar-refractivity contribution < 1.29 is 77.4 Å². The number of aromatic amines is 5. The van der Waals surface area contributed by atoms with Gasteiger partial charge in [-0.15, -0.1) is 11.8 Å². The number of H-pyrrole nitrogens is 5. The molecule has 37 heteroatoms. The summed E-state index contributed by atoms with van der Waals surface area (Å²) in [4.78, 5) is 72.6. The minimum atomic E-state index is -0.941. The number of hydrogen-bond acceptors (Lipinski definition) is 17. The van der Waals surface area contributed by atoms with Crippen LogP contribution in [-0.4, -0.2) is 141 Å². The zero-order valence-electron chi connectivity index (χ0n) is 72.7. The Bertz CT molecular complexity index is 6730.